The van der Waals surface area contributed by atoms with Gasteiger partial charge in [-0.2, -0.15) is 18.4 Å². The number of nitrogens with zero attached hydrogens (tertiary/aromatic N) is 2. The van der Waals surface area contributed by atoms with E-state index < -0.39 is 11.7 Å². The van der Waals surface area contributed by atoms with E-state index in [1.807, 2.05) is 28.8 Å². The number of benzene rings is 2. The maximum Gasteiger partial charge on any atom is 0.416 e. The number of rotatable bonds is 6. The molecule has 0 spiro atoms. The molecule has 27 heavy (non-hydrogen) atoms. The van der Waals surface area contributed by atoms with Gasteiger partial charge in [0.05, 0.1) is 18.1 Å². The third-order valence-corrected chi connectivity index (χ3v) is 4.11. The zero-order chi connectivity index (χ0) is 19.4. The highest BCUT2D eigenvalue weighted by atomic mass is 19.4. The zero-order valence-electron chi connectivity index (χ0n) is 14.2. The Morgan fingerprint density at radius 2 is 1.81 bits per heavy atom. The van der Waals surface area contributed by atoms with Crippen molar-refractivity contribution in [3.05, 3.63) is 65.9 Å². The summed E-state index contributed by atoms with van der Waals surface area (Å²) in [7, 11) is 0. The molecule has 0 atom stereocenters. The molecule has 7 heteroatoms. The van der Waals surface area contributed by atoms with E-state index >= 15 is 0 Å². The molecule has 0 saturated heterocycles. The Labute approximate surface area is 153 Å². The molecule has 3 rings (SSSR count). The Morgan fingerprint density at radius 1 is 1.11 bits per heavy atom. The number of nitriles is 1. The summed E-state index contributed by atoms with van der Waals surface area (Å²) in [6.45, 7) is 0.168. The van der Waals surface area contributed by atoms with Gasteiger partial charge in [0, 0.05) is 29.2 Å². The first-order valence-electron chi connectivity index (χ1n) is 8.18. The van der Waals surface area contributed by atoms with E-state index in [-0.39, 0.29) is 18.1 Å². The average Bonchev–Trinajstić information content (AvgIpc) is 3.03. The van der Waals surface area contributed by atoms with E-state index in [0.29, 0.717) is 18.5 Å². The number of aromatic nitrogens is 1. The number of carbonyl (C=O) groups excluding carboxylic acids is 1. The number of hydrogen-bond donors (Lipinski definition) is 0. The number of ether oxygens (including phenoxy) is 1. The fraction of sp³-hybridized carbons (Fsp3) is 0.200. The molecule has 4 nitrogen and oxygen atoms in total. The minimum Gasteiger partial charge on any atom is -0.485 e. The summed E-state index contributed by atoms with van der Waals surface area (Å²) in [4.78, 5) is 12.6. The highest BCUT2D eigenvalue weighted by Gasteiger charge is 2.30. The maximum atomic E-state index is 12.6. The molecule has 0 N–H and O–H groups in total. The Kier molecular flexibility index (Phi) is 5.17. The van der Waals surface area contributed by atoms with Crippen LogP contribution in [-0.2, 0) is 12.7 Å². The number of carbonyl (C=O) groups is 1. The number of Topliss-reactive ketones (excluding diaryl/α,β-unsaturated/α-hetero) is 1. The number of hydrogen-bond acceptors (Lipinski definition) is 3. The summed E-state index contributed by atoms with van der Waals surface area (Å²) in [6, 6.07) is 13.6. The van der Waals surface area contributed by atoms with Crippen LogP contribution in [0.3, 0.4) is 0 Å². The lowest BCUT2D eigenvalue weighted by atomic mass is 10.1. The molecule has 0 bridgehead atoms. The SMILES string of the molecule is N#CCCn1cc(C(=O)COc2ccc(C(F)(F)F)cc2)c2ccccc21. The molecule has 0 aliphatic carbocycles. The first-order valence-corrected chi connectivity index (χ1v) is 8.18. The number of para-hydroxylation sites is 1. The Morgan fingerprint density at radius 3 is 2.48 bits per heavy atom. The first-order chi connectivity index (χ1) is 12.9. The van der Waals surface area contributed by atoms with Crippen LogP contribution >= 0.6 is 0 Å². The van der Waals surface area contributed by atoms with Gasteiger partial charge in [-0.05, 0) is 30.3 Å². The highest BCUT2D eigenvalue weighted by Crippen LogP contribution is 2.30. The van der Waals surface area contributed by atoms with Crippen LogP contribution < -0.4 is 4.74 Å². The van der Waals surface area contributed by atoms with Gasteiger partial charge in [-0.3, -0.25) is 4.79 Å². The van der Waals surface area contributed by atoms with Gasteiger partial charge < -0.3 is 9.30 Å². The van der Waals surface area contributed by atoms with E-state index in [0.717, 1.165) is 23.0 Å². The van der Waals surface area contributed by atoms with Crippen LogP contribution in [0.25, 0.3) is 10.9 Å². The fourth-order valence-electron chi connectivity index (χ4n) is 2.79. The lowest BCUT2D eigenvalue weighted by molar-refractivity contribution is -0.137. The minimum absolute atomic E-state index is 0.185. The molecule has 2 aromatic carbocycles. The number of ketones is 1. The quantitative estimate of drug-likeness (QED) is 0.582. The highest BCUT2D eigenvalue weighted by molar-refractivity contribution is 6.08. The molecule has 1 aromatic heterocycles. The lowest BCUT2D eigenvalue weighted by Gasteiger charge is -2.08. The minimum atomic E-state index is -4.42. The van der Waals surface area contributed by atoms with Crippen molar-refractivity contribution >= 4 is 16.7 Å². The third kappa shape index (κ3) is 4.11. The maximum absolute atomic E-state index is 12.6. The monoisotopic (exact) mass is 372 g/mol. The van der Waals surface area contributed by atoms with Crippen LogP contribution in [0.2, 0.25) is 0 Å². The predicted molar refractivity (Wildman–Crippen MR) is 93.4 cm³/mol. The second kappa shape index (κ2) is 7.54. The van der Waals surface area contributed by atoms with Gasteiger partial charge in [0.1, 0.15) is 5.75 Å². The van der Waals surface area contributed by atoms with Crippen LogP contribution in [0.5, 0.6) is 5.75 Å². The first kappa shape index (κ1) is 18.5. The molecule has 0 aliphatic heterocycles. The van der Waals surface area contributed by atoms with Gasteiger partial charge in [-0.25, -0.2) is 0 Å². The van der Waals surface area contributed by atoms with E-state index in [9.17, 15) is 18.0 Å². The summed E-state index contributed by atoms with van der Waals surface area (Å²) >= 11 is 0. The van der Waals surface area contributed by atoms with Crippen molar-refractivity contribution in [3.8, 4) is 11.8 Å². The molecular formula is C20H15F3N2O2. The van der Waals surface area contributed by atoms with Gasteiger partial charge in [0.25, 0.3) is 0 Å². The second-order valence-electron chi connectivity index (χ2n) is 5.90. The molecule has 0 saturated carbocycles. The summed E-state index contributed by atoms with van der Waals surface area (Å²) in [6.07, 6.45) is -2.42. The van der Waals surface area contributed by atoms with Crippen LogP contribution in [0.1, 0.15) is 22.3 Å². The van der Waals surface area contributed by atoms with Crippen LogP contribution in [0, 0.1) is 11.3 Å². The summed E-state index contributed by atoms with van der Waals surface area (Å²) in [5.74, 6) is -0.105. The normalized spacial score (nSPS) is 11.3. The predicted octanol–water partition coefficient (Wildman–Crippen LogP) is 4.84. The van der Waals surface area contributed by atoms with E-state index in [1.54, 1.807) is 6.20 Å². The van der Waals surface area contributed by atoms with Crippen molar-refractivity contribution in [1.82, 2.24) is 4.57 Å². The largest absolute Gasteiger partial charge is 0.485 e. The van der Waals surface area contributed by atoms with E-state index in [2.05, 4.69) is 6.07 Å². The number of fused-ring (bicyclic) bond motifs is 1. The van der Waals surface area contributed by atoms with Crippen LogP contribution in [-0.4, -0.2) is 17.0 Å². The van der Waals surface area contributed by atoms with Crippen molar-refractivity contribution < 1.29 is 22.7 Å². The Bertz CT molecular complexity index is 999. The zero-order valence-corrected chi connectivity index (χ0v) is 14.2. The van der Waals surface area contributed by atoms with Crippen molar-refractivity contribution in [2.45, 2.75) is 19.1 Å². The van der Waals surface area contributed by atoms with Crippen molar-refractivity contribution in [1.29, 1.82) is 5.26 Å². The van der Waals surface area contributed by atoms with Crippen molar-refractivity contribution in [3.63, 3.8) is 0 Å². The molecule has 138 valence electrons. The average molecular weight is 372 g/mol. The third-order valence-electron chi connectivity index (χ3n) is 4.11. The molecule has 0 unspecified atom stereocenters. The number of alkyl halides is 3. The van der Waals surface area contributed by atoms with E-state index in [1.165, 1.54) is 12.1 Å². The van der Waals surface area contributed by atoms with Crippen LogP contribution in [0.15, 0.2) is 54.7 Å². The fourth-order valence-corrected chi connectivity index (χ4v) is 2.79. The molecular weight excluding hydrogens is 357 g/mol. The summed E-state index contributed by atoms with van der Waals surface area (Å²) in [5, 5.41) is 9.52. The Balaban J connectivity index is 1.76. The van der Waals surface area contributed by atoms with Gasteiger partial charge in [-0.15, -0.1) is 0 Å². The lowest BCUT2D eigenvalue weighted by Crippen LogP contribution is -2.11. The second-order valence-corrected chi connectivity index (χ2v) is 5.90. The number of aryl methyl sites for hydroxylation is 1. The Hall–Kier alpha value is -3.27. The van der Waals surface area contributed by atoms with Gasteiger partial charge in [0.2, 0.25) is 5.78 Å². The standard InChI is InChI=1S/C20H15F3N2O2/c21-20(22,23)14-6-8-15(9-7-14)27-13-19(26)17-12-25(11-3-10-24)18-5-2-1-4-16(17)18/h1-2,4-9,12H,3,11,13H2. The summed E-state index contributed by atoms with van der Waals surface area (Å²) < 4.78 is 44.9. The molecule has 0 radical (unpaired) electrons. The van der Waals surface area contributed by atoms with E-state index in [4.69, 9.17) is 10.00 Å². The molecule has 3 aromatic rings. The van der Waals surface area contributed by atoms with Crippen molar-refractivity contribution in [2.75, 3.05) is 6.61 Å². The van der Waals surface area contributed by atoms with Gasteiger partial charge in [0.15, 0.2) is 6.61 Å². The van der Waals surface area contributed by atoms with Gasteiger partial charge >= 0.3 is 6.18 Å². The topological polar surface area (TPSA) is 55.0 Å². The number of halogens is 3. The molecule has 1 heterocycles. The van der Waals surface area contributed by atoms with Crippen molar-refractivity contribution in [2.24, 2.45) is 0 Å². The molecule has 0 fully saturated rings. The van der Waals surface area contributed by atoms with Crippen LogP contribution in [0.4, 0.5) is 13.2 Å². The smallest absolute Gasteiger partial charge is 0.416 e. The van der Waals surface area contributed by atoms with Gasteiger partial charge in [-0.1, -0.05) is 18.2 Å². The molecule has 0 aliphatic rings. The summed E-state index contributed by atoms with van der Waals surface area (Å²) in [5.41, 5.74) is 0.517. The molecule has 0 amide bonds.